The average molecular weight is 580 g/mol. The molecule has 3 rings (SSSR count). The molecular formula is C26H29NO12S. The second-order valence-electron chi connectivity index (χ2n) is 8.82. The number of esters is 4. The quantitative estimate of drug-likeness (QED) is 0.246. The lowest BCUT2D eigenvalue weighted by atomic mass is 9.98. The predicted octanol–water partition coefficient (Wildman–Crippen LogP) is 2.04. The van der Waals surface area contributed by atoms with Gasteiger partial charge in [-0.15, -0.1) is 11.3 Å². The highest BCUT2D eigenvalue weighted by Crippen LogP contribution is 2.33. The molecule has 2 heterocycles. The fourth-order valence-electron chi connectivity index (χ4n) is 3.99. The number of hydrogen-bond donors (Lipinski definition) is 1. The summed E-state index contributed by atoms with van der Waals surface area (Å²) in [5, 5.41) is 13.1. The Labute approximate surface area is 233 Å². The van der Waals surface area contributed by atoms with Crippen LogP contribution >= 0.6 is 11.3 Å². The van der Waals surface area contributed by atoms with Crippen LogP contribution in [-0.2, 0) is 49.3 Å². The maximum Gasteiger partial charge on any atom is 0.303 e. The van der Waals surface area contributed by atoms with Crippen LogP contribution in [-0.4, -0.2) is 77.1 Å². The normalized spacial score (nSPS) is 22.1. The van der Waals surface area contributed by atoms with Crippen molar-refractivity contribution in [1.29, 1.82) is 0 Å². The summed E-state index contributed by atoms with van der Waals surface area (Å²) in [7, 11) is 0. The number of Topliss-reactive ketones (excluding diaryl/α,β-unsaturated/α-hetero) is 1. The second-order valence-corrected chi connectivity index (χ2v) is 9.88. The first-order valence-corrected chi connectivity index (χ1v) is 13.0. The Morgan fingerprint density at radius 1 is 0.925 bits per heavy atom. The number of aryl methyl sites for hydroxylation is 1. The maximum atomic E-state index is 12.7. The minimum atomic E-state index is -1.49. The summed E-state index contributed by atoms with van der Waals surface area (Å²) in [6.07, 6.45) is -6.91. The van der Waals surface area contributed by atoms with Crippen molar-refractivity contribution in [3.63, 3.8) is 0 Å². The molecule has 0 bridgehead atoms. The van der Waals surface area contributed by atoms with E-state index in [0.717, 1.165) is 38.8 Å². The summed E-state index contributed by atoms with van der Waals surface area (Å²) in [5.41, 5.74) is 0.601. The van der Waals surface area contributed by atoms with E-state index in [1.165, 1.54) is 23.5 Å². The molecule has 0 radical (unpaired) electrons. The molecule has 0 saturated carbocycles. The molecule has 13 nitrogen and oxygen atoms in total. The van der Waals surface area contributed by atoms with Crippen molar-refractivity contribution in [2.45, 2.75) is 71.7 Å². The molecule has 0 unspecified atom stereocenters. The summed E-state index contributed by atoms with van der Waals surface area (Å²) < 4.78 is 32.8. The topological polar surface area (TPSA) is 174 Å². The summed E-state index contributed by atoms with van der Waals surface area (Å²) in [6, 6.07) is 3.89. The number of nitrogens with zero attached hydrogens (tertiary/aromatic N) is 1. The fraction of sp³-hybridized carbons (Fsp3) is 0.462. The largest absolute Gasteiger partial charge is 0.507 e. The highest BCUT2D eigenvalue weighted by molar-refractivity contribution is 7.09. The number of thiazole rings is 1. The van der Waals surface area contributed by atoms with Gasteiger partial charge in [-0.05, 0) is 19.1 Å². The molecule has 1 N–H and O–H groups in total. The molecule has 216 valence electrons. The van der Waals surface area contributed by atoms with Gasteiger partial charge in [-0.25, -0.2) is 4.98 Å². The first kappa shape index (κ1) is 30.5. The van der Waals surface area contributed by atoms with E-state index >= 15 is 0 Å². The SMILES string of the molecule is CC(=O)OC[C@@H]1O[C@H](Oc2ccc(C(=O)Cc3csc(C)n3)c(O)c2)[C@@H](OC(C)=O)[C@H](OC(C)=O)[C@@H]1OC(C)=O. The third kappa shape index (κ3) is 8.23. The van der Waals surface area contributed by atoms with Crippen LogP contribution in [0.15, 0.2) is 23.6 Å². The molecule has 1 saturated heterocycles. The molecule has 1 aromatic carbocycles. The van der Waals surface area contributed by atoms with Crippen LogP contribution in [0, 0.1) is 6.92 Å². The van der Waals surface area contributed by atoms with Crippen LogP contribution in [0.3, 0.4) is 0 Å². The second kappa shape index (κ2) is 13.3. The Balaban J connectivity index is 1.91. The van der Waals surface area contributed by atoms with Crippen LogP contribution in [0.2, 0.25) is 0 Å². The van der Waals surface area contributed by atoms with Gasteiger partial charge in [0.05, 0.1) is 22.7 Å². The fourth-order valence-corrected chi connectivity index (χ4v) is 4.60. The number of benzene rings is 1. The van der Waals surface area contributed by atoms with Gasteiger partial charge in [0.1, 0.15) is 24.2 Å². The zero-order valence-electron chi connectivity index (χ0n) is 22.4. The van der Waals surface area contributed by atoms with Gasteiger partial charge < -0.3 is 33.5 Å². The Hall–Kier alpha value is -4.04. The molecule has 1 aliphatic rings. The Bertz CT molecular complexity index is 1270. The first-order chi connectivity index (χ1) is 18.8. The summed E-state index contributed by atoms with van der Waals surface area (Å²) in [5.74, 6) is -3.77. The number of ether oxygens (including phenoxy) is 6. The van der Waals surface area contributed by atoms with Gasteiger partial charge in [-0.3, -0.25) is 24.0 Å². The molecule has 0 spiro atoms. The van der Waals surface area contributed by atoms with E-state index in [2.05, 4.69) is 4.98 Å². The number of aromatic nitrogens is 1. The standard InChI is InChI=1S/C26H29NO12S/c1-12-27-17(11-40-12)8-20(32)19-7-6-18(9-21(19)33)38-26-25(37-16(5)31)24(36-15(4)30)23(35-14(3)29)22(39-26)10-34-13(2)28/h6-7,9,11,22-26,33H,8,10H2,1-5H3/t22-,23+,24+,25-,26-/m0/s1. The van der Waals surface area contributed by atoms with Gasteiger partial charge in [0, 0.05) is 39.1 Å². The van der Waals surface area contributed by atoms with Gasteiger partial charge in [0.2, 0.25) is 12.4 Å². The Kier molecular flexibility index (Phi) is 10.2. The molecule has 0 amide bonds. The third-order valence-corrected chi connectivity index (χ3v) is 6.30. The van der Waals surface area contributed by atoms with Gasteiger partial charge in [-0.2, -0.15) is 0 Å². The van der Waals surface area contributed by atoms with Gasteiger partial charge in [-0.1, -0.05) is 0 Å². The van der Waals surface area contributed by atoms with Crippen molar-refractivity contribution in [3.05, 3.63) is 39.8 Å². The zero-order valence-corrected chi connectivity index (χ0v) is 23.2. The van der Waals surface area contributed by atoms with E-state index in [-0.39, 0.29) is 29.3 Å². The lowest BCUT2D eigenvalue weighted by Gasteiger charge is -2.43. The van der Waals surface area contributed by atoms with Crippen molar-refractivity contribution in [2.75, 3.05) is 6.61 Å². The van der Waals surface area contributed by atoms with Gasteiger partial charge >= 0.3 is 23.9 Å². The van der Waals surface area contributed by atoms with E-state index < -0.39 is 61.2 Å². The molecule has 5 atom stereocenters. The zero-order chi connectivity index (χ0) is 29.6. The average Bonchev–Trinajstić information content (AvgIpc) is 3.25. The van der Waals surface area contributed by atoms with Crippen LogP contribution in [0.25, 0.3) is 0 Å². The van der Waals surface area contributed by atoms with E-state index in [4.69, 9.17) is 28.4 Å². The molecule has 40 heavy (non-hydrogen) atoms. The summed E-state index contributed by atoms with van der Waals surface area (Å²) in [6.45, 7) is 5.86. The predicted molar refractivity (Wildman–Crippen MR) is 136 cm³/mol. The number of aromatic hydroxyl groups is 1. The van der Waals surface area contributed by atoms with E-state index in [1.807, 2.05) is 6.92 Å². The number of ketones is 1. The number of phenols is 1. The summed E-state index contributed by atoms with van der Waals surface area (Å²) >= 11 is 1.40. The molecule has 2 aromatic rings. The van der Waals surface area contributed by atoms with Crippen LogP contribution in [0.1, 0.15) is 48.8 Å². The lowest BCUT2D eigenvalue weighted by molar-refractivity contribution is -0.288. The van der Waals surface area contributed by atoms with Crippen LogP contribution in [0.4, 0.5) is 0 Å². The molecule has 1 aromatic heterocycles. The number of hydrogen-bond acceptors (Lipinski definition) is 14. The highest BCUT2D eigenvalue weighted by atomic mass is 32.1. The molecule has 0 aliphatic carbocycles. The number of carbonyl (C=O) groups is 5. The number of rotatable bonds is 10. The molecule has 1 aliphatic heterocycles. The van der Waals surface area contributed by atoms with Crippen molar-refractivity contribution in [3.8, 4) is 11.5 Å². The minimum Gasteiger partial charge on any atom is -0.507 e. The third-order valence-electron chi connectivity index (χ3n) is 5.48. The van der Waals surface area contributed by atoms with Crippen LogP contribution < -0.4 is 4.74 Å². The van der Waals surface area contributed by atoms with E-state index in [9.17, 15) is 29.1 Å². The number of carbonyl (C=O) groups excluding carboxylic acids is 5. The smallest absolute Gasteiger partial charge is 0.303 e. The molecular weight excluding hydrogens is 550 g/mol. The summed E-state index contributed by atoms with van der Waals surface area (Å²) in [4.78, 5) is 64.2. The molecule has 1 fully saturated rings. The van der Waals surface area contributed by atoms with Crippen molar-refractivity contribution in [1.82, 2.24) is 4.98 Å². The Morgan fingerprint density at radius 3 is 2.10 bits per heavy atom. The monoisotopic (exact) mass is 579 g/mol. The first-order valence-electron chi connectivity index (χ1n) is 12.1. The molecule has 14 heteroatoms. The van der Waals surface area contributed by atoms with E-state index in [0.29, 0.717) is 5.69 Å². The highest BCUT2D eigenvalue weighted by Gasteiger charge is 2.53. The van der Waals surface area contributed by atoms with Crippen molar-refractivity contribution >= 4 is 41.0 Å². The lowest BCUT2D eigenvalue weighted by Crippen LogP contribution is -2.63. The van der Waals surface area contributed by atoms with Crippen molar-refractivity contribution < 1.29 is 57.5 Å². The minimum absolute atomic E-state index is 0.000507. The number of phenolic OH excluding ortho intramolecular Hbond substituents is 1. The maximum absolute atomic E-state index is 12.7. The Morgan fingerprint density at radius 2 is 1.55 bits per heavy atom. The van der Waals surface area contributed by atoms with Crippen LogP contribution in [0.5, 0.6) is 11.5 Å². The van der Waals surface area contributed by atoms with Crippen molar-refractivity contribution in [2.24, 2.45) is 0 Å². The van der Waals surface area contributed by atoms with Gasteiger partial charge in [0.15, 0.2) is 18.0 Å². The van der Waals surface area contributed by atoms with E-state index in [1.54, 1.807) is 5.38 Å². The van der Waals surface area contributed by atoms with Gasteiger partial charge in [0.25, 0.3) is 0 Å².